The summed E-state index contributed by atoms with van der Waals surface area (Å²) in [6.07, 6.45) is 3.52. The van der Waals surface area contributed by atoms with E-state index in [1.165, 1.54) is 0 Å². The summed E-state index contributed by atoms with van der Waals surface area (Å²) < 4.78 is 5.93. The summed E-state index contributed by atoms with van der Waals surface area (Å²) in [4.78, 5) is 4.28. The number of nitrogens with one attached hydrogen (secondary N) is 1. The van der Waals surface area contributed by atoms with Gasteiger partial charge in [0, 0.05) is 18.4 Å². The zero-order valence-corrected chi connectivity index (χ0v) is 9.36. The SMILES string of the molecule is Cc1ccc([C@H](C)O[C@H]2CCNC2)cn1. The summed E-state index contributed by atoms with van der Waals surface area (Å²) >= 11 is 0. The molecule has 1 N–H and O–H groups in total. The van der Waals surface area contributed by atoms with Crippen LogP contribution in [0.5, 0.6) is 0 Å². The lowest BCUT2D eigenvalue weighted by Gasteiger charge is -2.17. The number of rotatable bonds is 3. The molecule has 0 aliphatic carbocycles. The van der Waals surface area contributed by atoms with Crippen molar-refractivity contribution >= 4 is 0 Å². The molecule has 15 heavy (non-hydrogen) atoms. The van der Waals surface area contributed by atoms with Gasteiger partial charge in [-0.3, -0.25) is 4.98 Å². The fraction of sp³-hybridized carbons (Fsp3) is 0.583. The highest BCUT2D eigenvalue weighted by molar-refractivity contribution is 5.15. The van der Waals surface area contributed by atoms with E-state index in [1.54, 1.807) is 0 Å². The third kappa shape index (κ3) is 2.76. The molecule has 0 unspecified atom stereocenters. The van der Waals surface area contributed by atoms with Crippen LogP contribution >= 0.6 is 0 Å². The fourth-order valence-electron chi connectivity index (χ4n) is 1.83. The highest BCUT2D eigenvalue weighted by Gasteiger charge is 2.18. The smallest absolute Gasteiger partial charge is 0.0816 e. The molecule has 1 fully saturated rings. The number of pyridine rings is 1. The molecule has 1 aromatic rings. The van der Waals surface area contributed by atoms with Crippen molar-refractivity contribution in [2.75, 3.05) is 13.1 Å². The molecule has 82 valence electrons. The number of aromatic nitrogens is 1. The van der Waals surface area contributed by atoms with Crippen LogP contribution in [0.25, 0.3) is 0 Å². The average molecular weight is 206 g/mol. The van der Waals surface area contributed by atoms with Crippen LogP contribution in [0.4, 0.5) is 0 Å². The second kappa shape index (κ2) is 4.73. The normalized spacial score (nSPS) is 22.9. The quantitative estimate of drug-likeness (QED) is 0.819. The molecule has 1 aliphatic heterocycles. The monoisotopic (exact) mass is 206 g/mol. The summed E-state index contributed by atoms with van der Waals surface area (Å²) in [7, 11) is 0. The zero-order chi connectivity index (χ0) is 10.7. The lowest BCUT2D eigenvalue weighted by molar-refractivity contribution is 0.00811. The van der Waals surface area contributed by atoms with Gasteiger partial charge in [-0.1, -0.05) is 6.07 Å². The molecular formula is C12H18N2O. The summed E-state index contributed by atoms with van der Waals surface area (Å²) in [5, 5.41) is 3.30. The highest BCUT2D eigenvalue weighted by Crippen LogP contribution is 2.19. The Bertz CT molecular complexity index is 304. The van der Waals surface area contributed by atoms with Crippen LogP contribution in [0.3, 0.4) is 0 Å². The molecule has 0 radical (unpaired) electrons. The van der Waals surface area contributed by atoms with E-state index in [4.69, 9.17) is 4.74 Å². The van der Waals surface area contributed by atoms with Crippen LogP contribution in [0, 0.1) is 6.92 Å². The molecule has 0 aromatic carbocycles. The third-order valence-corrected chi connectivity index (χ3v) is 2.82. The maximum absolute atomic E-state index is 5.93. The Morgan fingerprint density at radius 2 is 2.40 bits per heavy atom. The number of aryl methyl sites for hydroxylation is 1. The molecule has 3 heteroatoms. The van der Waals surface area contributed by atoms with E-state index < -0.39 is 0 Å². The van der Waals surface area contributed by atoms with Crippen LogP contribution in [0.15, 0.2) is 18.3 Å². The number of hydrogen-bond acceptors (Lipinski definition) is 3. The van der Waals surface area contributed by atoms with Crippen molar-refractivity contribution in [3.8, 4) is 0 Å². The van der Waals surface area contributed by atoms with Gasteiger partial charge in [0.2, 0.25) is 0 Å². The van der Waals surface area contributed by atoms with E-state index in [2.05, 4.69) is 23.3 Å². The average Bonchev–Trinajstić information content (AvgIpc) is 2.71. The molecular weight excluding hydrogens is 188 g/mol. The minimum Gasteiger partial charge on any atom is -0.369 e. The van der Waals surface area contributed by atoms with E-state index in [1.807, 2.05) is 19.2 Å². The standard InChI is InChI=1S/C12H18N2O/c1-9-3-4-11(7-14-9)10(2)15-12-5-6-13-8-12/h3-4,7,10,12-13H,5-6,8H2,1-2H3/t10-,12-/m0/s1. The van der Waals surface area contributed by atoms with E-state index >= 15 is 0 Å². The molecule has 3 nitrogen and oxygen atoms in total. The van der Waals surface area contributed by atoms with E-state index in [0.29, 0.717) is 6.10 Å². The molecule has 2 atom stereocenters. The fourth-order valence-corrected chi connectivity index (χ4v) is 1.83. The lowest BCUT2D eigenvalue weighted by atomic mass is 10.1. The summed E-state index contributed by atoms with van der Waals surface area (Å²) in [6.45, 7) is 6.13. The number of hydrogen-bond donors (Lipinski definition) is 1. The largest absolute Gasteiger partial charge is 0.369 e. The van der Waals surface area contributed by atoms with Gasteiger partial charge in [-0.25, -0.2) is 0 Å². The summed E-state index contributed by atoms with van der Waals surface area (Å²) in [5.74, 6) is 0. The number of ether oxygens (including phenoxy) is 1. The Labute approximate surface area is 90.9 Å². The summed E-state index contributed by atoms with van der Waals surface area (Å²) in [5.41, 5.74) is 2.21. The van der Waals surface area contributed by atoms with E-state index in [9.17, 15) is 0 Å². The Hall–Kier alpha value is -0.930. The van der Waals surface area contributed by atoms with Crippen LogP contribution < -0.4 is 5.32 Å². The minimum absolute atomic E-state index is 0.142. The Morgan fingerprint density at radius 1 is 1.53 bits per heavy atom. The van der Waals surface area contributed by atoms with Gasteiger partial charge >= 0.3 is 0 Å². The molecule has 1 aromatic heterocycles. The van der Waals surface area contributed by atoms with Gasteiger partial charge in [0.05, 0.1) is 12.2 Å². The van der Waals surface area contributed by atoms with Gasteiger partial charge in [0.1, 0.15) is 0 Å². The van der Waals surface area contributed by atoms with Gasteiger partial charge in [0.15, 0.2) is 0 Å². The maximum atomic E-state index is 5.93. The molecule has 1 aliphatic rings. The van der Waals surface area contributed by atoms with Crippen molar-refractivity contribution in [2.24, 2.45) is 0 Å². The number of nitrogens with zero attached hydrogens (tertiary/aromatic N) is 1. The van der Waals surface area contributed by atoms with Crippen molar-refractivity contribution in [2.45, 2.75) is 32.5 Å². The van der Waals surface area contributed by atoms with Crippen molar-refractivity contribution in [3.05, 3.63) is 29.6 Å². The van der Waals surface area contributed by atoms with E-state index in [0.717, 1.165) is 30.8 Å². The van der Waals surface area contributed by atoms with Crippen molar-refractivity contribution in [1.82, 2.24) is 10.3 Å². The lowest BCUT2D eigenvalue weighted by Crippen LogP contribution is -2.18. The second-order valence-electron chi connectivity index (χ2n) is 4.13. The van der Waals surface area contributed by atoms with Crippen molar-refractivity contribution < 1.29 is 4.74 Å². The molecule has 2 rings (SSSR count). The molecule has 0 saturated carbocycles. The third-order valence-electron chi connectivity index (χ3n) is 2.82. The molecule has 0 bridgehead atoms. The van der Waals surface area contributed by atoms with Crippen LogP contribution in [-0.4, -0.2) is 24.2 Å². The van der Waals surface area contributed by atoms with E-state index in [-0.39, 0.29) is 6.10 Å². The van der Waals surface area contributed by atoms with Crippen LogP contribution in [0.1, 0.15) is 30.7 Å². The first-order chi connectivity index (χ1) is 7.25. The second-order valence-corrected chi connectivity index (χ2v) is 4.13. The maximum Gasteiger partial charge on any atom is 0.0816 e. The predicted molar refractivity (Wildman–Crippen MR) is 59.7 cm³/mol. The summed E-state index contributed by atoms with van der Waals surface area (Å²) in [6, 6.07) is 4.12. The first kappa shape index (κ1) is 10.6. The van der Waals surface area contributed by atoms with Gasteiger partial charge in [-0.05, 0) is 38.4 Å². The predicted octanol–water partition coefficient (Wildman–Crippen LogP) is 1.83. The van der Waals surface area contributed by atoms with Crippen molar-refractivity contribution in [3.63, 3.8) is 0 Å². The Balaban J connectivity index is 1.94. The Kier molecular flexibility index (Phi) is 3.34. The zero-order valence-electron chi connectivity index (χ0n) is 9.36. The van der Waals surface area contributed by atoms with Gasteiger partial charge in [-0.15, -0.1) is 0 Å². The first-order valence-corrected chi connectivity index (χ1v) is 5.54. The molecule has 0 amide bonds. The highest BCUT2D eigenvalue weighted by atomic mass is 16.5. The Morgan fingerprint density at radius 3 is 3.00 bits per heavy atom. The molecule has 1 saturated heterocycles. The topological polar surface area (TPSA) is 34.1 Å². The van der Waals surface area contributed by atoms with Crippen LogP contribution in [0.2, 0.25) is 0 Å². The van der Waals surface area contributed by atoms with Crippen LogP contribution in [-0.2, 0) is 4.74 Å². The van der Waals surface area contributed by atoms with Gasteiger partial charge < -0.3 is 10.1 Å². The van der Waals surface area contributed by atoms with Gasteiger partial charge in [-0.2, -0.15) is 0 Å². The minimum atomic E-state index is 0.142. The van der Waals surface area contributed by atoms with Crippen molar-refractivity contribution in [1.29, 1.82) is 0 Å². The first-order valence-electron chi connectivity index (χ1n) is 5.54. The molecule has 2 heterocycles. The molecule has 0 spiro atoms. The van der Waals surface area contributed by atoms with Gasteiger partial charge in [0.25, 0.3) is 0 Å².